The fourth-order valence-corrected chi connectivity index (χ4v) is 1.69. The van der Waals surface area contributed by atoms with Crippen molar-refractivity contribution in [3.63, 3.8) is 0 Å². The fraction of sp³-hybridized carbons (Fsp3) is 0.538. The molecule has 18 heavy (non-hydrogen) atoms. The maximum atomic E-state index is 13.3. The number of hydrogen-bond acceptors (Lipinski definition) is 2. The van der Waals surface area contributed by atoms with Gasteiger partial charge in [0.1, 0.15) is 5.82 Å². The lowest BCUT2D eigenvalue weighted by atomic mass is 10.0. The molecular weight excluding hydrogens is 241 g/mol. The normalized spacial score (nSPS) is 13.3. The number of benzene rings is 1. The lowest BCUT2D eigenvalue weighted by Crippen LogP contribution is -2.28. The average Bonchev–Trinajstić information content (AvgIpc) is 2.28. The van der Waals surface area contributed by atoms with E-state index in [1.807, 2.05) is 0 Å². The van der Waals surface area contributed by atoms with Crippen molar-refractivity contribution in [3.8, 4) is 0 Å². The van der Waals surface area contributed by atoms with Gasteiger partial charge in [-0.1, -0.05) is 12.1 Å². The summed E-state index contributed by atoms with van der Waals surface area (Å²) in [5, 5.41) is 0. The Labute approximate surface area is 106 Å². The fourth-order valence-electron chi connectivity index (χ4n) is 1.69. The minimum absolute atomic E-state index is 0.269. The predicted molar refractivity (Wildman–Crippen MR) is 66.2 cm³/mol. The third kappa shape index (κ3) is 4.66. The largest absolute Gasteiger partial charge is 0.324 e. The van der Waals surface area contributed by atoms with Crippen LogP contribution >= 0.6 is 0 Å². The molecule has 0 aliphatic carbocycles. The zero-order chi connectivity index (χ0) is 13.7. The Bertz CT molecular complexity index is 382. The molecule has 0 saturated carbocycles. The van der Waals surface area contributed by atoms with Crippen molar-refractivity contribution < 1.29 is 13.2 Å². The zero-order valence-electron chi connectivity index (χ0n) is 10.7. The minimum Gasteiger partial charge on any atom is -0.324 e. The molecule has 0 spiro atoms. The molecule has 0 heterocycles. The number of hydrogen-bond donors (Lipinski definition) is 1. The van der Waals surface area contributed by atoms with E-state index in [1.165, 1.54) is 11.0 Å². The second-order valence-electron chi connectivity index (χ2n) is 4.56. The Morgan fingerprint density at radius 3 is 2.56 bits per heavy atom. The third-order valence-corrected chi connectivity index (χ3v) is 2.90. The molecule has 1 unspecified atom stereocenters. The van der Waals surface area contributed by atoms with Gasteiger partial charge in [-0.2, -0.15) is 0 Å². The highest BCUT2D eigenvalue weighted by molar-refractivity contribution is 5.25. The van der Waals surface area contributed by atoms with Gasteiger partial charge in [0.25, 0.3) is 6.43 Å². The van der Waals surface area contributed by atoms with Crippen molar-refractivity contribution >= 4 is 0 Å². The Hall–Kier alpha value is -1.07. The van der Waals surface area contributed by atoms with Crippen LogP contribution in [0.5, 0.6) is 0 Å². The molecule has 0 amide bonds. The van der Waals surface area contributed by atoms with Gasteiger partial charge in [0.2, 0.25) is 0 Å². The van der Waals surface area contributed by atoms with Gasteiger partial charge in [-0.3, -0.25) is 0 Å². The van der Waals surface area contributed by atoms with Crippen molar-refractivity contribution in [1.29, 1.82) is 0 Å². The van der Waals surface area contributed by atoms with Gasteiger partial charge < -0.3 is 10.6 Å². The van der Waals surface area contributed by atoms with Gasteiger partial charge >= 0.3 is 0 Å². The molecule has 0 aliphatic rings. The van der Waals surface area contributed by atoms with Gasteiger partial charge in [-0.25, -0.2) is 13.2 Å². The van der Waals surface area contributed by atoms with E-state index in [-0.39, 0.29) is 18.4 Å². The van der Waals surface area contributed by atoms with Crippen molar-refractivity contribution in [3.05, 3.63) is 35.1 Å². The summed E-state index contributed by atoms with van der Waals surface area (Å²) in [6.45, 7) is 1.87. The van der Waals surface area contributed by atoms with Gasteiger partial charge in [-0.15, -0.1) is 0 Å². The summed E-state index contributed by atoms with van der Waals surface area (Å²) in [4.78, 5) is 1.52. The number of aryl methyl sites for hydroxylation is 1. The number of nitrogens with two attached hydrogens (primary N) is 1. The van der Waals surface area contributed by atoms with Crippen LogP contribution in [0.25, 0.3) is 0 Å². The van der Waals surface area contributed by atoms with Crippen LogP contribution in [0.3, 0.4) is 0 Å². The Balaban J connectivity index is 2.49. The molecular formula is C13H19F3N2. The standard InChI is InChI=1S/C13H19F3N2/c1-9-3-4-10(7-11(9)14)12(17)5-6-18(2)8-13(15)16/h3-4,7,12-13H,5-6,8,17H2,1-2H3. The lowest BCUT2D eigenvalue weighted by molar-refractivity contribution is 0.0990. The summed E-state index contributed by atoms with van der Waals surface area (Å²) >= 11 is 0. The molecule has 0 bridgehead atoms. The molecule has 5 heteroatoms. The molecule has 2 nitrogen and oxygen atoms in total. The number of halogens is 3. The molecule has 0 radical (unpaired) electrons. The van der Waals surface area contributed by atoms with Crippen molar-refractivity contribution in [2.75, 3.05) is 20.1 Å². The first-order valence-corrected chi connectivity index (χ1v) is 5.88. The molecule has 1 atom stereocenters. The first-order chi connectivity index (χ1) is 8.40. The summed E-state index contributed by atoms with van der Waals surface area (Å²) in [6, 6.07) is 4.52. The van der Waals surface area contributed by atoms with Crippen LogP contribution in [0.4, 0.5) is 13.2 Å². The lowest BCUT2D eigenvalue weighted by Gasteiger charge is -2.19. The number of rotatable bonds is 6. The molecule has 1 aromatic carbocycles. The highest BCUT2D eigenvalue weighted by Gasteiger charge is 2.12. The summed E-state index contributed by atoms with van der Waals surface area (Å²) < 4.78 is 37.6. The van der Waals surface area contributed by atoms with E-state index in [0.717, 1.165) is 0 Å². The van der Waals surface area contributed by atoms with Crippen LogP contribution in [0.2, 0.25) is 0 Å². The topological polar surface area (TPSA) is 29.3 Å². The first kappa shape index (κ1) is 15.0. The minimum atomic E-state index is -2.34. The van der Waals surface area contributed by atoms with E-state index < -0.39 is 6.43 Å². The summed E-state index contributed by atoms with van der Waals surface area (Å²) in [5.74, 6) is -0.288. The van der Waals surface area contributed by atoms with Crippen LogP contribution in [-0.4, -0.2) is 31.5 Å². The number of alkyl halides is 2. The smallest absolute Gasteiger partial charge is 0.251 e. The Kier molecular flexibility index (Phi) is 5.62. The van der Waals surface area contributed by atoms with Crippen LogP contribution in [0.1, 0.15) is 23.6 Å². The summed E-state index contributed by atoms with van der Waals surface area (Å²) in [5.41, 5.74) is 7.18. The Morgan fingerprint density at radius 1 is 1.33 bits per heavy atom. The predicted octanol–water partition coefficient (Wildman–Crippen LogP) is 2.72. The number of nitrogens with zero attached hydrogens (tertiary/aromatic N) is 1. The highest BCUT2D eigenvalue weighted by Crippen LogP contribution is 2.17. The van der Waals surface area contributed by atoms with E-state index in [0.29, 0.717) is 24.1 Å². The van der Waals surface area contributed by atoms with Gasteiger partial charge in [0, 0.05) is 6.04 Å². The van der Waals surface area contributed by atoms with Crippen molar-refractivity contribution in [1.82, 2.24) is 4.90 Å². The van der Waals surface area contributed by atoms with E-state index in [1.54, 1.807) is 26.1 Å². The SMILES string of the molecule is Cc1ccc(C(N)CCN(C)CC(F)F)cc1F. The van der Waals surface area contributed by atoms with E-state index in [2.05, 4.69) is 0 Å². The average molecular weight is 260 g/mol. The second kappa shape index (κ2) is 6.75. The maximum Gasteiger partial charge on any atom is 0.251 e. The van der Waals surface area contributed by atoms with Crippen LogP contribution in [-0.2, 0) is 0 Å². The van der Waals surface area contributed by atoms with Gasteiger partial charge in [0.05, 0.1) is 6.54 Å². The summed E-state index contributed by atoms with van der Waals surface area (Å²) in [7, 11) is 1.62. The molecule has 1 aromatic rings. The first-order valence-electron chi connectivity index (χ1n) is 5.88. The van der Waals surface area contributed by atoms with Gasteiger partial charge in [0.15, 0.2) is 0 Å². The molecule has 2 N–H and O–H groups in total. The van der Waals surface area contributed by atoms with Gasteiger partial charge in [-0.05, 0) is 44.1 Å². The van der Waals surface area contributed by atoms with Crippen molar-refractivity contribution in [2.45, 2.75) is 25.8 Å². The quantitative estimate of drug-likeness (QED) is 0.852. The molecule has 1 rings (SSSR count). The monoisotopic (exact) mass is 260 g/mol. The third-order valence-electron chi connectivity index (χ3n) is 2.90. The molecule has 0 saturated heterocycles. The maximum absolute atomic E-state index is 13.3. The molecule has 0 aromatic heterocycles. The van der Waals surface area contributed by atoms with E-state index in [9.17, 15) is 13.2 Å². The van der Waals surface area contributed by atoms with Crippen molar-refractivity contribution in [2.24, 2.45) is 5.73 Å². The van der Waals surface area contributed by atoms with E-state index >= 15 is 0 Å². The molecule has 0 aliphatic heterocycles. The molecule has 0 fully saturated rings. The summed E-state index contributed by atoms with van der Waals surface area (Å²) in [6.07, 6.45) is -1.82. The Morgan fingerprint density at radius 2 is 2.00 bits per heavy atom. The zero-order valence-corrected chi connectivity index (χ0v) is 10.7. The van der Waals surface area contributed by atoms with Crippen LogP contribution in [0, 0.1) is 12.7 Å². The second-order valence-corrected chi connectivity index (χ2v) is 4.56. The highest BCUT2D eigenvalue weighted by atomic mass is 19.3. The van der Waals surface area contributed by atoms with E-state index in [4.69, 9.17) is 5.73 Å². The van der Waals surface area contributed by atoms with Crippen LogP contribution < -0.4 is 5.73 Å². The molecule has 102 valence electrons. The van der Waals surface area contributed by atoms with Crippen LogP contribution in [0.15, 0.2) is 18.2 Å².